The van der Waals surface area contributed by atoms with E-state index < -0.39 is 10.8 Å². The molecule has 0 radical (unpaired) electrons. The first kappa shape index (κ1) is 46.0. The Hall–Kier alpha value is -5.48. The van der Waals surface area contributed by atoms with E-state index in [1.807, 2.05) is 41.3 Å². The molecule has 0 aliphatic rings. The van der Waals surface area contributed by atoms with Crippen molar-refractivity contribution in [1.82, 2.24) is 4.57 Å². The SMILES string of the molecule is C=C(/C=C\CC)N(C(=C)/C=C\CC)c1c(-c2ccccc2F)c(C(C)(C)C)c(-n2c3ccc(C(C)(C)C)cc3c3cc(C(C)(C)C)ccc32)c(C(C)(C)C)c1-c1ccccc1F. The summed E-state index contributed by atoms with van der Waals surface area (Å²) in [6, 6.07) is 27.7. The van der Waals surface area contributed by atoms with Crippen molar-refractivity contribution in [1.29, 1.82) is 0 Å². The van der Waals surface area contributed by atoms with Crippen LogP contribution in [0.25, 0.3) is 49.7 Å². The number of nitrogens with zero attached hydrogens (tertiary/aromatic N) is 2. The third-order valence-corrected chi connectivity index (χ3v) is 11.8. The molecule has 5 aromatic carbocycles. The van der Waals surface area contributed by atoms with Crippen molar-refractivity contribution in [3.05, 3.63) is 168 Å². The molecule has 0 aliphatic carbocycles. The van der Waals surface area contributed by atoms with Gasteiger partial charge in [-0.2, -0.15) is 0 Å². The Kier molecular flexibility index (Phi) is 12.6. The molecular formula is C58H68F2N2. The molecule has 0 spiro atoms. The summed E-state index contributed by atoms with van der Waals surface area (Å²) in [5.74, 6) is -0.742. The molecule has 0 aliphatic heterocycles. The van der Waals surface area contributed by atoms with Gasteiger partial charge in [0.05, 0.1) is 22.4 Å². The summed E-state index contributed by atoms with van der Waals surface area (Å²) in [7, 11) is 0. The molecule has 6 aromatic rings. The van der Waals surface area contributed by atoms with Gasteiger partial charge in [0, 0.05) is 44.4 Å². The fourth-order valence-electron chi connectivity index (χ4n) is 8.81. The third-order valence-electron chi connectivity index (χ3n) is 11.8. The van der Waals surface area contributed by atoms with E-state index in [4.69, 9.17) is 0 Å². The van der Waals surface area contributed by atoms with Crippen LogP contribution in [0, 0.1) is 11.6 Å². The van der Waals surface area contributed by atoms with Crippen molar-refractivity contribution >= 4 is 27.5 Å². The highest BCUT2D eigenvalue weighted by molar-refractivity contribution is 6.11. The predicted octanol–water partition coefficient (Wildman–Crippen LogP) is 17.4. The minimum absolute atomic E-state index is 0.0955. The molecule has 0 saturated carbocycles. The third kappa shape index (κ3) is 8.63. The first-order valence-electron chi connectivity index (χ1n) is 22.3. The number of fused-ring (bicyclic) bond motifs is 3. The summed E-state index contributed by atoms with van der Waals surface area (Å²) in [6.45, 7) is 40.2. The Morgan fingerprint density at radius 2 is 0.919 bits per heavy atom. The van der Waals surface area contributed by atoms with Gasteiger partial charge >= 0.3 is 0 Å². The van der Waals surface area contributed by atoms with Crippen molar-refractivity contribution in [3.8, 4) is 27.9 Å². The average Bonchev–Trinajstić information content (AvgIpc) is 3.51. The maximum absolute atomic E-state index is 17.2. The van der Waals surface area contributed by atoms with E-state index in [1.165, 1.54) is 23.3 Å². The van der Waals surface area contributed by atoms with Gasteiger partial charge in [0.2, 0.25) is 0 Å². The number of rotatable bonds is 10. The quantitative estimate of drug-likeness (QED) is 0.125. The largest absolute Gasteiger partial charge is 0.310 e. The average molecular weight is 831 g/mol. The van der Waals surface area contributed by atoms with E-state index in [0.29, 0.717) is 39.3 Å². The zero-order chi connectivity index (χ0) is 45.7. The number of allylic oxidation sites excluding steroid dienone is 4. The Morgan fingerprint density at radius 3 is 1.24 bits per heavy atom. The van der Waals surface area contributed by atoms with Crippen LogP contribution in [0.15, 0.2) is 134 Å². The van der Waals surface area contributed by atoms with Gasteiger partial charge in [-0.15, -0.1) is 0 Å². The second kappa shape index (κ2) is 17.0. The van der Waals surface area contributed by atoms with Crippen molar-refractivity contribution in [2.24, 2.45) is 0 Å². The molecular weight excluding hydrogens is 763 g/mol. The van der Waals surface area contributed by atoms with Gasteiger partial charge in [-0.3, -0.25) is 0 Å². The molecule has 1 aromatic heterocycles. The number of benzene rings is 5. The van der Waals surface area contributed by atoms with Crippen molar-refractivity contribution in [3.63, 3.8) is 0 Å². The van der Waals surface area contributed by atoms with Crippen LogP contribution < -0.4 is 4.90 Å². The predicted molar refractivity (Wildman–Crippen MR) is 266 cm³/mol. The number of anilines is 1. The Bertz CT molecular complexity index is 2560. The van der Waals surface area contributed by atoms with Crippen molar-refractivity contribution < 1.29 is 8.78 Å². The summed E-state index contributed by atoms with van der Waals surface area (Å²) < 4.78 is 36.7. The van der Waals surface area contributed by atoms with Crippen LogP contribution in [0.1, 0.15) is 132 Å². The van der Waals surface area contributed by atoms with Crippen LogP contribution in [-0.4, -0.2) is 4.57 Å². The minimum Gasteiger partial charge on any atom is -0.310 e. The van der Waals surface area contributed by atoms with Crippen LogP contribution in [-0.2, 0) is 21.7 Å². The number of aromatic nitrogens is 1. The van der Waals surface area contributed by atoms with Gasteiger partial charge in [0.15, 0.2) is 0 Å². The van der Waals surface area contributed by atoms with E-state index in [-0.39, 0.29) is 22.5 Å². The van der Waals surface area contributed by atoms with Gasteiger partial charge in [-0.1, -0.05) is 171 Å². The highest BCUT2D eigenvalue weighted by Crippen LogP contribution is 2.57. The van der Waals surface area contributed by atoms with Crippen molar-refractivity contribution in [2.75, 3.05) is 4.90 Å². The molecule has 0 saturated heterocycles. The Labute approximate surface area is 371 Å². The molecule has 2 nitrogen and oxygen atoms in total. The lowest BCUT2D eigenvalue weighted by Crippen LogP contribution is -2.29. The maximum atomic E-state index is 17.2. The molecule has 62 heavy (non-hydrogen) atoms. The lowest BCUT2D eigenvalue weighted by atomic mass is 9.70. The molecule has 6 rings (SSSR count). The molecule has 0 atom stereocenters. The summed E-state index contributed by atoms with van der Waals surface area (Å²) in [6.07, 6.45) is 9.69. The van der Waals surface area contributed by atoms with Crippen LogP contribution in [0.2, 0.25) is 0 Å². The summed E-state index contributed by atoms with van der Waals surface area (Å²) in [5, 5.41) is 2.28. The zero-order valence-corrected chi connectivity index (χ0v) is 39.9. The van der Waals surface area contributed by atoms with E-state index in [0.717, 1.165) is 51.5 Å². The van der Waals surface area contributed by atoms with E-state index >= 15 is 8.78 Å². The standard InChI is InChI=1S/C58H68F2N2/c1-17-19-25-37(3)61(38(4)26-20-18-2)53-49(41-27-21-23-29-45(41)59)51(57(11,12)13)54(52(58(14,15)16)50(53)42-28-22-24-30-46(42)60)62-47-33-31-39(55(5,6)7)35-43(47)44-36-40(56(8,9)10)32-34-48(44)62/h19-36H,3-4,17-18H2,1-2,5-16H3/b25-19-,26-20-. The normalized spacial score (nSPS) is 13.0. The van der Waals surface area contributed by atoms with Gasteiger partial charge in [-0.25, -0.2) is 8.78 Å². The lowest BCUT2D eigenvalue weighted by molar-refractivity contribution is 0.564. The van der Waals surface area contributed by atoms with Crippen LogP contribution in [0.4, 0.5) is 14.5 Å². The number of halogens is 2. The summed E-state index contributed by atoms with van der Waals surface area (Å²) >= 11 is 0. The van der Waals surface area contributed by atoms with Crippen LogP contribution >= 0.6 is 0 Å². The molecule has 324 valence electrons. The minimum atomic E-state index is -0.595. The Balaban J connectivity index is 2.08. The monoisotopic (exact) mass is 831 g/mol. The highest BCUT2D eigenvalue weighted by Gasteiger charge is 2.40. The Morgan fingerprint density at radius 1 is 0.548 bits per heavy atom. The number of hydrogen-bond acceptors (Lipinski definition) is 1. The molecule has 0 unspecified atom stereocenters. The van der Waals surface area contributed by atoms with Gasteiger partial charge in [0.1, 0.15) is 11.6 Å². The molecule has 0 N–H and O–H groups in total. The van der Waals surface area contributed by atoms with E-state index in [2.05, 4.69) is 163 Å². The summed E-state index contributed by atoms with van der Waals surface area (Å²) in [5.41, 5.74) is 10.0. The number of hydrogen-bond donors (Lipinski definition) is 0. The first-order chi connectivity index (χ1) is 28.9. The lowest BCUT2D eigenvalue weighted by Gasteiger charge is -2.41. The van der Waals surface area contributed by atoms with E-state index in [9.17, 15) is 0 Å². The van der Waals surface area contributed by atoms with E-state index in [1.54, 1.807) is 12.1 Å². The van der Waals surface area contributed by atoms with Gasteiger partial charge in [-0.05, 0) is 105 Å². The van der Waals surface area contributed by atoms with Crippen molar-refractivity contribution in [2.45, 2.75) is 131 Å². The fourth-order valence-corrected chi connectivity index (χ4v) is 8.81. The zero-order valence-electron chi connectivity index (χ0n) is 39.9. The second-order valence-electron chi connectivity index (χ2n) is 20.9. The van der Waals surface area contributed by atoms with Gasteiger partial charge < -0.3 is 9.47 Å². The topological polar surface area (TPSA) is 8.17 Å². The fraction of sp³-hybridized carbons (Fsp3) is 0.345. The molecule has 4 heteroatoms. The van der Waals surface area contributed by atoms with Crippen LogP contribution in [0.5, 0.6) is 0 Å². The maximum Gasteiger partial charge on any atom is 0.131 e. The van der Waals surface area contributed by atoms with Gasteiger partial charge in [0.25, 0.3) is 0 Å². The smallest absolute Gasteiger partial charge is 0.131 e. The molecule has 1 heterocycles. The first-order valence-corrected chi connectivity index (χ1v) is 22.3. The highest BCUT2D eigenvalue weighted by atomic mass is 19.1. The molecule has 0 amide bonds. The summed E-state index contributed by atoms with van der Waals surface area (Å²) in [4.78, 5) is 2.03. The second-order valence-corrected chi connectivity index (χ2v) is 20.9. The molecule has 0 bridgehead atoms. The van der Waals surface area contributed by atoms with Crippen LogP contribution in [0.3, 0.4) is 0 Å². The molecule has 0 fully saturated rings.